The van der Waals surface area contributed by atoms with Crippen LogP contribution in [0.15, 0.2) is 103 Å². The quantitative estimate of drug-likeness (QED) is 0.490. The number of ether oxygens (including phenoxy) is 4. The van der Waals surface area contributed by atoms with Crippen LogP contribution < -0.4 is 0 Å². The van der Waals surface area contributed by atoms with Crippen LogP contribution in [0, 0.1) is 0 Å². The van der Waals surface area contributed by atoms with E-state index in [-0.39, 0.29) is 12.2 Å². The molecule has 0 saturated carbocycles. The molecule has 0 N–H and O–H groups in total. The fraction of sp³-hybridized carbons (Fsp3) is 0.231. The summed E-state index contributed by atoms with van der Waals surface area (Å²) in [5.41, 5.74) is 3.29. The van der Waals surface area contributed by atoms with Gasteiger partial charge in [-0.1, -0.05) is 91.0 Å². The summed E-state index contributed by atoms with van der Waals surface area (Å²) in [6.45, 7) is 1.39. The van der Waals surface area contributed by atoms with Gasteiger partial charge in [-0.25, -0.2) is 0 Å². The van der Waals surface area contributed by atoms with Gasteiger partial charge in [0.2, 0.25) is 6.29 Å². The Morgan fingerprint density at radius 2 is 1.03 bits per heavy atom. The van der Waals surface area contributed by atoms with Crippen molar-refractivity contribution in [2.24, 2.45) is 0 Å². The molecule has 1 aliphatic rings. The molecule has 154 valence electrons. The van der Waals surface area contributed by atoms with E-state index >= 15 is 0 Å². The molecule has 3 aromatic carbocycles. The Morgan fingerprint density at radius 1 is 0.567 bits per heavy atom. The lowest BCUT2D eigenvalue weighted by atomic mass is 10.1. The topological polar surface area (TPSA) is 36.9 Å². The third-order valence-electron chi connectivity index (χ3n) is 4.90. The Labute approximate surface area is 177 Å². The number of hydrogen-bond donors (Lipinski definition) is 0. The van der Waals surface area contributed by atoms with Gasteiger partial charge < -0.3 is 18.9 Å². The normalized spacial score (nSPS) is 20.6. The van der Waals surface area contributed by atoms with E-state index in [4.69, 9.17) is 18.9 Å². The molecule has 0 spiro atoms. The first-order chi connectivity index (χ1) is 14.9. The highest BCUT2D eigenvalue weighted by molar-refractivity contribution is 5.15. The number of rotatable bonds is 9. The van der Waals surface area contributed by atoms with Crippen LogP contribution >= 0.6 is 0 Å². The molecule has 1 heterocycles. The average Bonchev–Trinajstić information content (AvgIpc) is 2.82. The zero-order valence-electron chi connectivity index (χ0n) is 16.8. The highest BCUT2D eigenvalue weighted by Gasteiger charge is 2.35. The van der Waals surface area contributed by atoms with Gasteiger partial charge in [0.1, 0.15) is 12.2 Å². The lowest BCUT2D eigenvalue weighted by molar-refractivity contribution is -0.227. The molecule has 0 bridgehead atoms. The van der Waals surface area contributed by atoms with Crippen molar-refractivity contribution in [1.82, 2.24) is 0 Å². The van der Waals surface area contributed by atoms with E-state index in [1.165, 1.54) is 0 Å². The van der Waals surface area contributed by atoms with Crippen LogP contribution in [0.2, 0.25) is 0 Å². The molecule has 0 aliphatic carbocycles. The van der Waals surface area contributed by atoms with Crippen molar-refractivity contribution in [3.05, 3.63) is 120 Å². The van der Waals surface area contributed by atoms with E-state index in [2.05, 4.69) is 0 Å². The Balaban J connectivity index is 1.43. The molecule has 0 fully saturated rings. The molecular weight excluding hydrogens is 376 g/mol. The smallest absolute Gasteiger partial charge is 0.228 e. The number of hydrogen-bond acceptors (Lipinski definition) is 4. The summed E-state index contributed by atoms with van der Waals surface area (Å²) in [5.74, 6) is 0. The molecule has 0 unspecified atom stereocenters. The highest BCUT2D eigenvalue weighted by Crippen LogP contribution is 2.23. The van der Waals surface area contributed by atoms with Gasteiger partial charge >= 0.3 is 0 Å². The maximum atomic E-state index is 6.24. The first-order valence-electron chi connectivity index (χ1n) is 10.2. The molecule has 30 heavy (non-hydrogen) atoms. The largest absolute Gasteiger partial charge is 0.470 e. The van der Waals surface area contributed by atoms with Gasteiger partial charge in [-0.3, -0.25) is 0 Å². The average molecular weight is 402 g/mol. The van der Waals surface area contributed by atoms with E-state index in [0.29, 0.717) is 19.8 Å². The van der Waals surface area contributed by atoms with Gasteiger partial charge in [0.25, 0.3) is 0 Å². The second-order valence-electron chi connectivity index (χ2n) is 7.15. The lowest BCUT2D eigenvalue weighted by Gasteiger charge is -2.34. The van der Waals surface area contributed by atoms with Crippen LogP contribution in [-0.2, 0) is 38.8 Å². The van der Waals surface area contributed by atoms with Gasteiger partial charge in [-0.2, -0.15) is 0 Å². The molecule has 3 aromatic rings. The summed E-state index contributed by atoms with van der Waals surface area (Å²) >= 11 is 0. The van der Waals surface area contributed by atoms with Gasteiger partial charge in [-0.15, -0.1) is 0 Å². The molecule has 4 nitrogen and oxygen atoms in total. The van der Waals surface area contributed by atoms with Crippen molar-refractivity contribution in [3.8, 4) is 0 Å². The first kappa shape index (κ1) is 20.4. The third-order valence-corrected chi connectivity index (χ3v) is 4.90. The van der Waals surface area contributed by atoms with E-state index < -0.39 is 6.29 Å². The van der Waals surface area contributed by atoms with Crippen molar-refractivity contribution >= 4 is 0 Å². The minimum Gasteiger partial charge on any atom is -0.470 e. The van der Waals surface area contributed by atoms with Gasteiger partial charge in [0.05, 0.1) is 26.1 Å². The van der Waals surface area contributed by atoms with Crippen LogP contribution in [0.4, 0.5) is 0 Å². The maximum Gasteiger partial charge on any atom is 0.228 e. The van der Waals surface area contributed by atoms with Crippen molar-refractivity contribution in [1.29, 1.82) is 0 Å². The second kappa shape index (κ2) is 10.7. The molecule has 0 amide bonds. The Kier molecular flexibility index (Phi) is 7.29. The van der Waals surface area contributed by atoms with Gasteiger partial charge in [-0.05, 0) is 22.8 Å². The molecule has 0 aromatic heterocycles. The van der Waals surface area contributed by atoms with E-state index in [1.807, 2.05) is 97.1 Å². The molecule has 0 saturated heterocycles. The van der Waals surface area contributed by atoms with Gasteiger partial charge in [0, 0.05) is 0 Å². The zero-order valence-corrected chi connectivity index (χ0v) is 16.8. The summed E-state index contributed by atoms with van der Waals surface area (Å²) in [6, 6.07) is 30.2. The van der Waals surface area contributed by atoms with E-state index in [9.17, 15) is 0 Å². The van der Waals surface area contributed by atoms with E-state index in [0.717, 1.165) is 16.7 Å². The van der Waals surface area contributed by atoms with Crippen molar-refractivity contribution in [3.63, 3.8) is 0 Å². The lowest BCUT2D eigenvalue weighted by Crippen LogP contribution is -2.44. The fourth-order valence-corrected chi connectivity index (χ4v) is 3.29. The fourth-order valence-electron chi connectivity index (χ4n) is 3.29. The SMILES string of the molecule is C1=C[C@@H](OCc2ccccc2)[C@H](OCc2ccccc2)[C@@H](OCc2ccccc2)O1. The van der Waals surface area contributed by atoms with Crippen LogP contribution in [0.1, 0.15) is 16.7 Å². The summed E-state index contributed by atoms with van der Waals surface area (Å²) in [4.78, 5) is 0. The molecular formula is C26H26O4. The standard InChI is InChI=1S/C26H26O4/c1-4-10-21(11-5-1)18-28-24-16-17-27-26(30-20-23-14-8-3-9-15-23)25(24)29-19-22-12-6-2-7-13-22/h1-17,24-26H,18-20H2/t24-,25+,26-/m1/s1. The minimum atomic E-state index is -0.556. The number of benzene rings is 3. The van der Waals surface area contributed by atoms with Crippen LogP contribution in [0.25, 0.3) is 0 Å². The third kappa shape index (κ3) is 5.80. The summed E-state index contributed by atoms with van der Waals surface area (Å²) in [6.07, 6.45) is 2.32. The maximum absolute atomic E-state index is 6.24. The Morgan fingerprint density at radius 3 is 1.57 bits per heavy atom. The summed E-state index contributed by atoms with van der Waals surface area (Å²) in [7, 11) is 0. The van der Waals surface area contributed by atoms with Crippen molar-refractivity contribution < 1.29 is 18.9 Å². The van der Waals surface area contributed by atoms with Crippen LogP contribution in [0.5, 0.6) is 0 Å². The van der Waals surface area contributed by atoms with Crippen LogP contribution in [0.3, 0.4) is 0 Å². The molecule has 0 radical (unpaired) electrons. The zero-order chi connectivity index (χ0) is 20.4. The van der Waals surface area contributed by atoms with Crippen molar-refractivity contribution in [2.75, 3.05) is 0 Å². The van der Waals surface area contributed by atoms with Crippen molar-refractivity contribution in [2.45, 2.75) is 38.3 Å². The monoisotopic (exact) mass is 402 g/mol. The predicted octanol–water partition coefficient (Wildman–Crippen LogP) is 5.24. The van der Waals surface area contributed by atoms with E-state index in [1.54, 1.807) is 6.26 Å². The highest BCUT2D eigenvalue weighted by atomic mass is 16.7. The summed E-state index contributed by atoms with van der Waals surface area (Å²) in [5, 5.41) is 0. The van der Waals surface area contributed by atoms with Crippen LogP contribution in [-0.4, -0.2) is 18.5 Å². The Hall–Kier alpha value is -2.92. The minimum absolute atomic E-state index is 0.275. The molecule has 4 rings (SSSR count). The predicted molar refractivity (Wildman–Crippen MR) is 115 cm³/mol. The molecule has 4 heteroatoms. The first-order valence-corrected chi connectivity index (χ1v) is 10.2. The Bertz CT molecular complexity index is 896. The molecule has 3 atom stereocenters. The summed E-state index contributed by atoms with van der Waals surface area (Å²) < 4.78 is 24.3. The second-order valence-corrected chi connectivity index (χ2v) is 7.15. The van der Waals surface area contributed by atoms with Gasteiger partial charge in [0.15, 0.2) is 0 Å². The molecule has 1 aliphatic heterocycles.